The topological polar surface area (TPSA) is 106 Å². The molecule has 2 rings (SSSR count). The van der Waals surface area contributed by atoms with Crippen LogP contribution in [0.25, 0.3) is 0 Å². The molecule has 7 heteroatoms. The van der Waals surface area contributed by atoms with Crippen molar-refractivity contribution in [1.82, 2.24) is 4.90 Å². The van der Waals surface area contributed by atoms with Crippen molar-refractivity contribution in [3.8, 4) is 17.6 Å². The molecule has 1 atom stereocenters. The van der Waals surface area contributed by atoms with Crippen LogP contribution in [0, 0.1) is 17.2 Å². The maximum absolute atomic E-state index is 12.1. The molecule has 0 spiro atoms. The van der Waals surface area contributed by atoms with Crippen LogP contribution in [0.3, 0.4) is 0 Å². The zero-order valence-corrected chi connectivity index (χ0v) is 13.7. The number of ether oxygens (including phenoxy) is 2. The van der Waals surface area contributed by atoms with E-state index in [2.05, 4.69) is 0 Å². The van der Waals surface area contributed by atoms with Gasteiger partial charge in [-0.15, -0.1) is 0 Å². The fourth-order valence-corrected chi connectivity index (χ4v) is 2.64. The minimum Gasteiger partial charge on any atom is -0.493 e. The Hall–Kier alpha value is -2.75. The summed E-state index contributed by atoms with van der Waals surface area (Å²) in [5, 5.41) is 8.86. The Labute approximate surface area is 140 Å². The Morgan fingerprint density at radius 2 is 2.21 bits per heavy atom. The van der Waals surface area contributed by atoms with Crippen LogP contribution >= 0.6 is 0 Å². The molecule has 1 aromatic carbocycles. The number of amides is 2. The molecule has 0 bridgehead atoms. The maximum atomic E-state index is 12.1. The third kappa shape index (κ3) is 4.38. The predicted octanol–water partition coefficient (Wildman–Crippen LogP) is 1.06. The first kappa shape index (κ1) is 17.6. The van der Waals surface area contributed by atoms with Gasteiger partial charge in [-0.1, -0.05) is 0 Å². The van der Waals surface area contributed by atoms with Crippen molar-refractivity contribution in [3.05, 3.63) is 23.8 Å². The van der Waals surface area contributed by atoms with E-state index in [4.69, 9.17) is 20.5 Å². The van der Waals surface area contributed by atoms with Crippen LogP contribution in [0.2, 0.25) is 0 Å². The van der Waals surface area contributed by atoms with Gasteiger partial charge in [-0.25, -0.2) is 0 Å². The minimum absolute atomic E-state index is 0.00847. The van der Waals surface area contributed by atoms with E-state index in [1.54, 1.807) is 23.1 Å². The monoisotopic (exact) mass is 331 g/mol. The van der Waals surface area contributed by atoms with Crippen LogP contribution in [0.1, 0.15) is 24.8 Å². The van der Waals surface area contributed by atoms with Crippen LogP contribution in [0.15, 0.2) is 18.2 Å². The largest absolute Gasteiger partial charge is 0.493 e. The Morgan fingerprint density at radius 1 is 1.42 bits per heavy atom. The first-order valence-corrected chi connectivity index (χ1v) is 7.83. The SMILES string of the molecule is COc1cc(C#N)ccc1OCCCC(=O)N1CC[C@H](C(N)=O)C1. The summed E-state index contributed by atoms with van der Waals surface area (Å²) in [5.74, 6) is 0.465. The number of hydrogen-bond donors (Lipinski definition) is 1. The summed E-state index contributed by atoms with van der Waals surface area (Å²) in [6.07, 6.45) is 1.55. The molecule has 0 aliphatic carbocycles. The molecule has 0 unspecified atom stereocenters. The standard InChI is InChI=1S/C17H21N3O4/c1-23-15-9-12(10-18)4-5-14(15)24-8-2-3-16(21)20-7-6-13(11-20)17(19)22/h4-5,9,13H,2-3,6-8,11H2,1H3,(H2,19,22)/t13-/m0/s1. The Morgan fingerprint density at radius 3 is 2.83 bits per heavy atom. The van der Waals surface area contributed by atoms with Crippen LogP contribution < -0.4 is 15.2 Å². The molecule has 7 nitrogen and oxygen atoms in total. The molecule has 1 heterocycles. The normalized spacial score (nSPS) is 16.5. The molecular weight excluding hydrogens is 310 g/mol. The molecule has 1 aromatic rings. The van der Waals surface area contributed by atoms with E-state index in [1.165, 1.54) is 7.11 Å². The lowest BCUT2D eigenvalue weighted by Crippen LogP contribution is -2.31. The second-order valence-electron chi connectivity index (χ2n) is 5.66. The van der Waals surface area contributed by atoms with Crippen molar-refractivity contribution < 1.29 is 19.1 Å². The first-order valence-electron chi connectivity index (χ1n) is 7.83. The van der Waals surface area contributed by atoms with Crippen molar-refractivity contribution >= 4 is 11.8 Å². The number of likely N-dealkylation sites (tertiary alicyclic amines) is 1. The second-order valence-corrected chi connectivity index (χ2v) is 5.66. The molecule has 1 saturated heterocycles. The summed E-state index contributed by atoms with van der Waals surface area (Å²) in [5.41, 5.74) is 5.76. The maximum Gasteiger partial charge on any atom is 0.222 e. The predicted molar refractivity (Wildman–Crippen MR) is 86.3 cm³/mol. The minimum atomic E-state index is -0.346. The second kappa shape index (κ2) is 8.20. The number of carbonyl (C=O) groups excluding carboxylic acids is 2. The first-order chi connectivity index (χ1) is 11.5. The fraction of sp³-hybridized carbons (Fsp3) is 0.471. The van der Waals surface area contributed by atoms with Gasteiger partial charge in [0.2, 0.25) is 11.8 Å². The van der Waals surface area contributed by atoms with E-state index in [0.717, 1.165) is 0 Å². The molecule has 2 N–H and O–H groups in total. The number of methoxy groups -OCH3 is 1. The number of carbonyl (C=O) groups is 2. The number of nitriles is 1. The summed E-state index contributed by atoms with van der Waals surface area (Å²) in [6.45, 7) is 1.36. The zero-order valence-electron chi connectivity index (χ0n) is 13.7. The molecule has 1 fully saturated rings. The van der Waals surface area contributed by atoms with Crippen LogP contribution in [0.4, 0.5) is 0 Å². The van der Waals surface area contributed by atoms with Crippen LogP contribution in [-0.4, -0.2) is 43.5 Å². The smallest absolute Gasteiger partial charge is 0.222 e. The number of hydrogen-bond acceptors (Lipinski definition) is 5. The van der Waals surface area contributed by atoms with Crippen molar-refractivity contribution in [3.63, 3.8) is 0 Å². The van der Waals surface area contributed by atoms with E-state index in [0.29, 0.717) is 56.0 Å². The highest BCUT2D eigenvalue weighted by molar-refractivity contribution is 5.81. The van der Waals surface area contributed by atoms with Gasteiger partial charge in [-0.3, -0.25) is 9.59 Å². The lowest BCUT2D eigenvalue weighted by molar-refractivity contribution is -0.130. The Kier molecular flexibility index (Phi) is 6.01. The number of benzene rings is 1. The quantitative estimate of drug-likeness (QED) is 0.752. The van der Waals surface area contributed by atoms with Crippen molar-refractivity contribution in [2.45, 2.75) is 19.3 Å². The van der Waals surface area contributed by atoms with Crippen LogP contribution in [0.5, 0.6) is 11.5 Å². The van der Waals surface area contributed by atoms with Gasteiger partial charge in [0.15, 0.2) is 11.5 Å². The van der Waals surface area contributed by atoms with Gasteiger partial charge in [-0.05, 0) is 25.0 Å². The highest BCUT2D eigenvalue weighted by Crippen LogP contribution is 2.28. The Bertz CT molecular complexity index is 654. The molecule has 0 aromatic heterocycles. The van der Waals surface area contributed by atoms with Gasteiger partial charge in [0.05, 0.1) is 31.3 Å². The number of nitrogens with zero attached hydrogens (tertiary/aromatic N) is 2. The molecule has 24 heavy (non-hydrogen) atoms. The van der Waals surface area contributed by atoms with Crippen molar-refractivity contribution in [2.24, 2.45) is 11.7 Å². The summed E-state index contributed by atoms with van der Waals surface area (Å²) < 4.78 is 10.8. The van der Waals surface area contributed by atoms with Crippen LogP contribution in [-0.2, 0) is 9.59 Å². The van der Waals surface area contributed by atoms with E-state index < -0.39 is 0 Å². The summed E-state index contributed by atoms with van der Waals surface area (Å²) in [6, 6.07) is 6.97. The van der Waals surface area contributed by atoms with Crippen molar-refractivity contribution in [2.75, 3.05) is 26.8 Å². The fourth-order valence-electron chi connectivity index (χ4n) is 2.64. The third-order valence-electron chi connectivity index (χ3n) is 4.03. The Balaban J connectivity index is 1.76. The van der Waals surface area contributed by atoms with E-state index in [1.807, 2.05) is 6.07 Å². The number of rotatable bonds is 7. The summed E-state index contributed by atoms with van der Waals surface area (Å²) in [4.78, 5) is 24.9. The van der Waals surface area contributed by atoms with E-state index >= 15 is 0 Å². The van der Waals surface area contributed by atoms with Gasteiger partial charge in [0.25, 0.3) is 0 Å². The van der Waals surface area contributed by atoms with Gasteiger partial charge in [0.1, 0.15) is 0 Å². The molecule has 0 saturated carbocycles. The lowest BCUT2D eigenvalue weighted by atomic mass is 10.1. The lowest BCUT2D eigenvalue weighted by Gasteiger charge is -2.16. The number of nitrogens with two attached hydrogens (primary N) is 1. The molecule has 0 radical (unpaired) electrons. The van der Waals surface area contributed by atoms with Gasteiger partial charge in [-0.2, -0.15) is 5.26 Å². The third-order valence-corrected chi connectivity index (χ3v) is 4.03. The molecule has 1 aliphatic rings. The molecule has 1 aliphatic heterocycles. The van der Waals surface area contributed by atoms with Gasteiger partial charge >= 0.3 is 0 Å². The van der Waals surface area contributed by atoms with E-state index in [-0.39, 0.29) is 17.7 Å². The average molecular weight is 331 g/mol. The molecule has 128 valence electrons. The van der Waals surface area contributed by atoms with Gasteiger partial charge in [0, 0.05) is 25.6 Å². The molecular formula is C17H21N3O4. The number of primary amides is 1. The summed E-state index contributed by atoms with van der Waals surface area (Å²) in [7, 11) is 1.51. The summed E-state index contributed by atoms with van der Waals surface area (Å²) >= 11 is 0. The average Bonchev–Trinajstić information content (AvgIpc) is 3.09. The zero-order chi connectivity index (χ0) is 17.5. The highest BCUT2D eigenvalue weighted by Gasteiger charge is 2.29. The van der Waals surface area contributed by atoms with Gasteiger partial charge < -0.3 is 20.1 Å². The van der Waals surface area contributed by atoms with Crippen molar-refractivity contribution in [1.29, 1.82) is 5.26 Å². The van der Waals surface area contributed by atoms with E-state index in [9.17, 15) is 9.59 Å². The molecule has 2 amide bonds. The highest BCUT2D eigenvalue weighted by atomic mass is 16.5.